The molecule has 178 valence electrons. The molecule has 4 aromatic carbocycles. The summed E-state index contributed by atoms with van der Waals surface area (Å²) < 4.78 is 5.56. The van der Waals surface area contributed by atoms with Gasteiger partial charge in [-0.25, -0.2) is 4.79 Å². The van der Waals surface area contributed by atoms with Crippen LogP contribution in [0.2, 0.25) is 10.0 Å². The first-order valence-corrected chi connectivity index (χ1v) is 12.5. The van der Waals surface area contributed by atoms with Crippen molar-refractivity contribution in [2.75, 3.05) is 0 Å². The van der Waals surface area contributed by atoms with E-state index in [0.717, 1.165) is 28.1 Å². The lowest BCUT2D eigenvalue weighted by Crippen LogP contribution is -2.27. The number of ether oxygens (including phenoxy) is 1. The van der Waals surface area contributed by atoms with Gasteiger partial charge in [0.05, 0.1) is 22.0 Å². The quantitative estimate of drug-likeness (QED) is 0.150. The number of halogens is 2. The molecule has 0 radical (unpaired) electrons. The standard InChI is InChI=1S/C28H17Cl2NO4S/c29-21-11-12-24(35-27(33)22-7-3-4-8-23(22)30)20(14-21)15-25-26(32)31(28(34)36-25)16-17-9-10-18-5-1-2-6-19(18)13-17/h1-15H,16H2/b25-15-. The second-order valence-corrected chi connectivity index (χ2v) is 9.84. The van der Waals surface area contributed by atoms with Crippen LogP contribution in [0.3, 0.4) is 0 Å². The van der Waals surface area contributed by atoms with Crippen LogP contribution in [0.1, 0.15) is 21.5 Å². The van der Waals surface area contributed by atoms with Crippen molar-refractivity contribution in [3.05, 3.63) is 117 Å². The zero-order valence-electron chi connectivity index (χ0n) is 18.6. The molecule has 2 amide bonds. The number of carbonyl (C=O) groups is 3. The maximum absolute atomic E-state index is 13.1. The number of amides is 2. The zero-order valence-corrected chi connectivity index (χ0v) is 20.9. The van der Waals surface area contributed by atoms with E-state index in [9.17, 15) is 14.4 Å². The van der Waals surface area contributed by atoms with Crippen LogP contribution in [0.15, 0.2) is 89.8 Å². The fourth-order valence-corrected chi connectivity index (χ4v) is 5.03. The Labute approximate surface area is 221 Å². The molecule has 5 nitrogen and oxygen atoms in total. The van der Waals surface area contributed by atoms with Crippen molar-refractivity contribution in [2.45, 2.75) is 6.54 Å². The summed E-state index contributed by atoms with van der Waals surface area (Å²) in [5.74, 6) is -0.894. The summed E-state index contributed by atoms with van der Waals surface area (Å²) in [7, 11) is 0. The largest absolute Gasteiger partial charge is 0.422 e. The van der Waals surface area contributed by atoms with E-state index in [0.29, 0.717) is 10.6 Å². The van der Waals surface area contributed by atoms with Crippen LogP contribution in [0, 0.1) is 0 Å². The van der Waals surface area contributed by atoms with E-state index in [1.807, 2.05) is 42.5 Å². The molecule has 1 saturated heterocycles. The molecule has 1 aliphatic rings. The first-order chi connectivity index (χ1) is 17.4. The molecule has 5 rings (SSSR count). The highest BCUT2D eigenvalue weighted by atomic mass is 35.5. The predicted octanol–water partition coefficient (Wildman–Crippen LogP) is 7.60. The predicted molar refractivity (Wildman–Crippen MR) is 143 cm³/mol. The number of rotatable bonds is 5. The average Bonchev–Trinajstić information content (AvgIpc) is 3.13. The van der Waals surface area contributed by atoms with Crippen molar-refractivity contribution in [2.24, 2.45) is 0 Å². The monoisotopic (exact) mass is 533 g/mol. The molecular weight excluding hydrogens is 517 g/mol. The van der Waals surface area contributed by atoms with Crippen molar-refractivity contribution >= 4 is 68.9 Å². The van der Waals surface area contributed by atoms with Gasteiger partial charge in [-0.2, -0.15) is 0 Å². The second-order valence-electron chi connectivity index (χ2n) is 8.00. The maximum atomic E-state index is 13.1. The summed E-state index contributed by atoms with van der Waals surface area (Å²) in [5, 5.41) is 2.37. The summed E-state index contributed by atoms with van der Waals surface area (Å²) in [6.07, 6.45) is 1.51. The Hall–Kier alpha value is -3.58. The summed E-state index contributed by atoms with van der Waals surface area (Å²) in [4.78, 5) is 39.9. The van der Waals surface area contributed by atoms with Crippen LogP contribution < -0.4 is 4.74 Å². The Morgan fingerprint density at radius 1 is 0.889 bits per heavy atom. The smallest absolute Gasteiger partial charge is 0.345 e. The van der Waals surface area contributed by atoms with Crippen molar-refractivity contribution in [3.63, 3.8) is 0 Å². The van der Waals surface area contributed by atoms with Crippen LogP contribution in [0.4, 0.5) is 4.79 Å². The molecule has 8 heteroatoms. The second kappa shape index (κ2) is 10.2. The topological polar surface area (TPSA) is 63.7 Å². The Bertz CT molecular complexity index is 1570. The summed E-state index contributed by atoms with van der Waals surface area (Å²) in [6, 6.07) is 24.9. The van der Waals surface area contributed by atoms with Crippen LogP contribution in [-0.2, 0) is 11.3 Å². The molecule has 1 fully saturated rings. The fourth-order valence-electron chi connectivity index (χ4n) is 3.80. The lowest BCUT2D eigenvalue weighted by atomic mass is 10.1. The number of carbonyl (C=O) groups excluding carboxylic acids is 3. The van der Waals surface area contributed by atoms with Gasteiger partial charge in [-0.05, 0) is 70.6 Å². The number of nitrogens with zero attached hydrogens (tertiary/aromatic N) is 1. The average molecular weight is 534 g/mol. The van der Waals surface area contributed by atoms with Crippen molar-refractivity contribution in [3.8, 4) is 5.75 Å². The molecule has 0 atom stereocenters. The fraction of sp³-hybridized carbons (Fsp3) is 0.0357. The van der Waals surface area contributed by atoms with E-state index in [1.54, 1.807) is 36.4 Å². The Balaban J connectivity index is 1.40. The maximum Gasteiger partial charge on any atom is 0.345 e. The molecule has 0 N–H and O–H groups in total. The van der Waals surface area contributed by atoms with E-state index in [2.05, 4.69) is 0 Å². The number of hydrogen-bond donors (Lipinski definition) is 0. The third-order valence-electron chi connectivity index (χ3n) is 5.58. The van der Waals surface area contributed by atoms with Gasteiger partial charge in [0.15, 0.2) is 0 Å². The third-order valence-corrected chi connectivity index (χ3v) is 7.06. The van der Waals surface area contributed by atoms with Crippen LogP contribution in [0.25, 0.3) is 16.8 Å². The highest BCUT2D eigenvalue weighted by Crippen LogP contribution is 2.36. The third kappa shape index (κ3) is 5.02. The minimum atomic E-state index is -0.651. The lowest BCUT2D eigenvalue weighted by Gasteiger charge is -2.13. The Morgan fingerprint density at radius 3 is 2.44 bits per heavy atom. The minimum Gasteiger partial charge on any atom is -0.422 e. The van der Waals surface area contributed by atoms with Crippen LogP contribution in [-0.4, -0.2) is 22.0 Å². The van der Waals surface area contributed by atoms with Gasteiger partial charge in [0.1, 0.15) is 5.75 Å². The number of fused-ring (bicyclic) bond motifs is 1. The first-order valence-electron chi connectivity index (χ1n) is 10.9. The van der Waals surface area contributed by atoms with Gasteiger partial charge in [0.25, 0.3) is 11.1 Å². The molecule has 4 aromatic rings. The molecule has 0 saturated carbocycles. The summed E-state index contributed by atoms with van der Waals surface area (Å²) >= 11 is 13.1. The first kappa shape index (κ1) is 24.1. The van der Waals surface area contributed by atoms with E-state index in [4.69, 9.17) is 27.9 Å². The summed E-state index contributed by atoms with van der Waals surface area (Å²) in [6.45, 7) is 0.150. The van der Waals surface area contributed by atoms with Crippen molar-refractivity contribution in [1.82, 2.24) is 4.90 Å². The number of thioether (sulfide) groups is 1. The van der Waals surface area contributed by atoms with Crippen LogP contribution >= 0.6 is 35.0 Å². The molecule has 36 heavy (non-hydrogen) atoms. The van der Waals surface area contributed by atoms with E-state index >= 15 is 0 Å². The molecule has 1 aliphatic heterocycles. The number of imide groups is 1. The number of benzene rings is 4. The van der Waals surface area contributed by atoms with E-state index in [1.165, 1.54) is 17.0 Å². The Morgan fingerprint density at radius 2 is 1.64 bits per heavy atom. The number of esters is 1. The van der Waals surface area contributed by atoms with Gasteiger partial charge in [-0.1, -0.05) is 71.7 Å². The molecule has 1 heterocycles. The highest BCUT2D eigenvalue weighted by Gasteiger charge is 2.35. The van der Waals surface area contributed by atoms with Gasteiger partial charge < -0.3 is 4.74 Å². The van der Waals surface area contributed by atoms with Gasteiger partial charge in [0.2, 0.25) is 0 Å². The molecule has 0 spiro atoms. The van der Waals surface area contributed by atoms with Crippen molar-refractivity contribution in [1.29, 1.82) is 0 Å². The van der Waals surface area contributed by atoms with Crippen LogP contribution in [0.5, 0.6) is 5.75 Å². The normalized spacial score (nSPS) is 14.6. The van der Waals surface area contributed by atoms with Gasteiger partial charge in [0, 0.05) is 10.6 Å². The molecule has 0 bridgehead atoms. The number of hydrogen-bond acceptors (Lipinski definition) is 5. The molecule has 0 aliphatic carbocycles. The lowest BCUT2D eigenvalue weighted by molar-refractivity contribution is -0.123. The Kier molecular flexibility index (Phi) is 6.83. The van der Waals surface area contributed by atoms with Crippen molar-refractivity contribution < 1.29 is 19.1 Å². The zero-order chi connectivity index (χ0) is 25.2. The summed E-state index contributed by atoms with van der Waals surface area (Å²) in [5.41, 5.74) is 1.43. The minimum absolute atomic E-state index is 0.150. The van der Waals surface area contributed by atoms with Gasteiger partial charge in [-0.15, -0.1) is 0 Å². The molecule has 0 aromatic heterocycles. The van der Waals surface area contributed by atoms with E-state index < -0.39 is 11.9 Å². The van der Waals surface area contributed by atoms with E-state index in [-0.39, 0.29) is 33.0 Å². The SMILES string of the molecule is O=C(Oc1ccc(Cl)cc1/C=C1\SC(=O)N(Cc2ccc3ccccc3c2)C1=O)c1ccccc1Cl. The molecular formula is C28H17Cl2NO4S. The van der Waals surface area contributed by atoms with Gasteiger partial charge >= 0.3 is 5.97 Å². The molecule has 0 unspecified atom stereocenters. The highest BCUT2D eigenvalue weighted by molar-refractivity contribution is 8.18. The van der Waals surface area contributed by atoms with Gasteiger partial charge in [-0.3, -0.25) is 14.5 Å².